The number of hydrogen-bond donors (Lipinski definition) is 6. The van der Waals surface area contributed by atoms with Gasteiger partial charge in [0.25, 0.3) is 5.91 Å². The minimum Gasteiger partial charge on any atom is -0.506 e. The molecule has 11 nitrogen and oxygen atoms in total. The van der Waals surface area contributed by atoms with Gasteiger partial charge in [0, 0.05) is 51.3 Å². The summed E-state index contributed by atoms with van der Waals surface area (Å²) in [4.78, 5) is 47.3. The number of pyridine rings is 1. The second kappa shape index (κ2) is 19.4. The Labute approximate surface area is 367 Å². The van der Waals surface area contributed by atoms with E-state index in [1.54, 1.807) is 48.5 Å². The van der Waals surface area contributed by atoms with Crippen LogP contribution in [0.15, 0.2) is 138 Å². The van der Waals surface area contributed by atoms with E-state index in [0.29, 0.717) is 40.0 Å². The number of benzene rings is 4. The summed E-state index contributed by atoms with van der Waals surface area (Å²) in [6.45, 7) is 3.95. The quantitative estimate of drug-likeness (QED) is 0.0541. The maximum absolute atomic E-state index is 14.0. The number of rotatable bonds is 16. The van der Waals surface area contributed by atoms with E-state index in [1.807, 2.05) is 48.5 Å². The smallest absolute Gasteiger partial charge is 0.347 e. The number of aromatic amines is 1. The average Bonchev–Trinajstić information content (AvgIpc) is 3.99. The summed E-state index contributed by atoms with van der Waals surface area (Å²) < 4.78 is 5.94. The zero-order chi connectivity index (χ0) is 43.1. The number of esters is 1. The highest BCUT2D eigenvalue weighted by Gasteiger charge is 2.42. The third-order valence-electron chi connectivity index (χ3n) is 11.3. The molecule has 6 N–H and O–H groups in total. The second-order valence-electron chi connectivity index (χ2n) is 15.6. The number of thiophene rings is 2. The molecule has 62 heavy (non-hydrogen) atoms. The lowest BCUT2D eigenvalue weighted by Gasteiger charge is -2.33. The van der Waals surface area contributed by atoms with Crippen LogP contribution in [0.2, 0.25) is 0 Å². The summed E-state index contributed by atoms with van der Waals surface area (Å²) in [7, 11) is 0. The van der Waals surface area contributed by atoms with E-state index in [9.17, 15) is 29.7 Å². The number of amides is 1. The minimum absolute atomic E-state index is 0.0685. The number of nitrogens with one attached hydrogen (secondary N) is 3. The van der Waals surface area contributed by atoms with Gasteiger partial charge in [-0.05, 0) is 96.6 Å². The average molecular weight is 869 g/mol. The Kier molecular flexibility index (Phi) is 13.4. The molecular weight excluding hydrogens is 821 g/mol. The van der Waals surface area contributed by atoms with Crippen molar-refractivity contribution in [2.45, 2.75) is 44.2 Å². The van der Waals surface area contributed by atoms with Crippen LogP contribution in [0.1, 0.15) is 60.6 Å². The number of carbonyl (C=O) groups excluding carboxylic acids is 2. The second-order valence-corrected chi connectivity index (χ2v) is 17.9. The van der Waals surface area contributed by atoms with Gasteiger partial charge in [0.1, 0.15) is 5.75 Å². The molecule has 4 heterocycles. The van der Waals surface area contributed by atoms with Crippen LogP contribution >= 0.6 is 22.7 Å². The van der Waals surface area contributed by atoms with Gasteiger partial charge in [-0.1, -0.05) is 84.9 Å². The Hall–Kier alpha value is -5.93. The van der Waals surface area contributed by atoms with E-state index < -0.39 is 17.7 Å². The molecule has 1 aliphatic rings. The molecule has 1 amide bonds. The van der Waals surface area contributed by atoms with Crippen molar-refractivity contribution in [2.75, 3.05) is 26.2 Å². The van der Waals surface area contributed by atoms with Crippen molar-refractivity contribution in [3.63, 3.8) is 0 Å². The number of carbonyl (C=O) groups is 2. The third kappa shape index (κ3) is 9.89. The summed E-state index contributed by atoms with van der Waals surface area (Å²) in [5.74, 6) is -0.759. The number of H-pyrrole nitrogens is 1. The van der Waals surface area contributed by atoms with Crippen molar-refractivity contribution in [2.24, 2.45) is 5.92 Å². The highest BCUT2D eigenvalue weighted by molar-refractivity contribution is 7.15. The topological polar surface area (TPSA) is 164 Å². The van der Waals surface area contributed by atoms with E-state index in [4.69, 9.17) is 4.74 Å². The molecule has 7 aromatic rings. The van der Waals surface area contributed by atoms with Gasteiger partial charge in [-0.25, -0.2) is 4.79 Å². The first-order valence-electron chi connectivity index (χ1n) is 20.7. The first-order valence-corrected chi connectivity index (χ1v) is 22.3. The maximum atomic E-state index is 14.0. The Morgan fingerprint density at radius 1 is 0.823 bits per heavy atom. The lowest BCUT2D eigenvalue weighted by atomic mass is 9.85. The molecule has 3 aromatic heterocycles. The van der Waals surface area contributed by atoms with E-state index in [1.165, 1.54) is 40.4 Å². The lowest BCUT2D eigenvalue weighted by molar-refractivity contribution is -0.164. The van der Waals surface area contributed by atoms with Crippen LogP contribution in [0.3, 0.4) is 0 Å². The summed E-state index contributed by atoms with van der Waals surface area (Å²) in [5.41, 5.74) is 1.45. The number of aromatic hydroxyl groups is 1. The number of fused-ring (bicyclic) bond motifs is 1. The summed E-state index contributed by atoms with van der Waals surface area (Å²) in [6.07, 6.45) is 0.922. The number of aromatic nitrogens is 1. The van der Waals surface area contributed by atoms with Crippen LogP contribution < -0.4 is 16.2 Å². The van der Waals surface area contributed by atoms with Gasteiger partial charge < -0.3 is 35.7 Å². The monoisotopic (exact) mass is 868 g/mol. The molecule has 2 atom stereocenters. The molecule has 0 saturated carbocycles. The van der Waals surface area contributed by atoms with Crippen molar-refractivity contribution in [3.05, 3.63) is 181 Å². The first-order chi connectivity index (χ1) is 30.1. The molecule has 1 unspecified atom stereocenters. The van der Waals surface area contributed by atoms with Crippen molar-refractivity contribution < 1.29 is 29.6 Å². The molecule has 1 fully saturated rings. The van der Waals surface area contributed by atoms with Gasteiger partial charge in [0.2, 0.25) is 11.2 Å². The minimum atomic E-state index is -2.02. The number of aliphatic hydroxyl groups excluding tert-OH is 1. The molecule has 4 aromatic carbocycles. The number of aliphatic hydroxyl groups is 2. The number of hydrogen-bond acceptors (Lipinski definition) is 11. The van der Waals surface area contributed by atoms with Gasteiger partial charge in [-0.3, -0.25) is 14.5 Å². The number of likely N-dealkylation sites (tertiary alicyclic amines) is 1. The molecule has 318 valence electrons. The van der Waals surface area contributed by atoms with Crippen LogP contribution in [0.4, 0.5) is 0 Å². The SMILES string of the molecule is O=C(NCc1ccc(-c2cccc(C(O)(C(=O)OCC3CCN(Cc4ccccc4)CC3)c3ccccc3)c2)s1)c1ccc(CNC[C@H](O)c2ccc(O)c3[nH]c(=O)ccc23)s1. The van der Waals surface area contributed by atoms with E-state index in [-0.39, 0.29) is 41.8 Å². The first kappa shape index (κ1) is 42.7. The standard InChI is InChI=1S/C49H48N4O7S2/c54-41-18-16-39(40-17-21-45(56)52-46(40)41)42(55)29-50-27-37-15-20-44(62-37)47(57)51-28-38-14-19-43(61-38)34-10-7-13-36(26-34)49(59,35-11-5-2-6-12-35)48(58)60-31-33-22-24-53(25-23-33)30-32-8-3-1-4-9-32/h1-21,26,33,42,50,54-55,59H,22-25,27-31H2,(H,51,57)(H,52,56)/t42-,49?/m0/s1. The predicted molar refractivity (Wildman–Crippen MR) is 243 cm³/mol. The number of ether oxygens (including phenoxy) is 1. The van der Waals surface area contributed by atoms with Crippen LogP contribution in [-0.4, -0.2) is 63.3 Å². The normalized spacial score (nSPS) is 14.9. The summed E-state index contributed by atoms with van der Waals surface area (Å²) in [6, 6.07) is 40.3. The Morgan fingerprint density at radius 3 is 2.34 bits per heavy atom. The fourth-order valence-electron chi connectivity index (χ4n) is 7.90. The highest BCUT2D eigenvalue weighted by atomic mass is 32.1. The van der Waals surface area contributed by atoms with Crippen LogP contribution in [-0.2, 0) is 34.8 Å². The Balaban J connectivity index is 0.855. The van der Waals surface area contributed by atoms with Crippen molar-refractivity contribution in [1.82, 2.24) is 20.5 Å². The maximum Gasteiger partial charge on any atom is 0.347 e. The van der Waals surface area contributed by atoms with Gasteiger partial charge in [-0.2, -0.15) is 0 Å². The largest absolute Gasteiger partial charge is 0.506 e. The molecule has 1 saturated heterocycles. The molecule has 0 bridgehead atoms. The number of nitrogens with zero attached hydrogens (tertiary/aromatic N) is 1. The fourth-order valence-corrected chi connectivity index (χ4v) is 9.74. The number of phenols is 1. The van der Waals surface area contributed by atoms with E-state index in [0.717, 1.165) is 52.7 Å². The zero-order valence-electron chi connectivity index (χ0n) is 34.0. The molecule has 8 rings (SSSR count). The van der Waals surface area contributed by atoms with Crippen LogP contribution in [0.25, 0.3) is 21.3 Å². The fraction of sp³-hybridized carbons (Fsp3) is 0.245. The van der Waals surface area contributed by atoms with Crippen molar-refractivity contribution >= 4 is 45.5 Å². The van der Waals surface area contributed by atoms with Gasteiger partial charge in [0.05, 0.1) is 29.6 Å². The van der Waals surface area contributed by atoms with Crippen molar-refractivity contribution in [1.29, 1.82) is 0 Å². The zero-order valence-corrected chi connectivity index (χ0v) is 35.6. The molecule has 0 aliphatic carbocycles. The molecule has 0 spiro atoms. The Bertz CT molecular complexity index is 2690. The van der Waals surface area contributed by atoms with E-state index in [2.05, 4.69) is 44.8 Å². The lowest BCUT2D eigenvalue weighted by Crippen LogP contribution is -2.40. The van der Waals surface area contributed by atoms with Gasteiger partial charge >= 0.3 is 5.97 Å². The number of piperidine rings is 1. The third-order valence-corrected chi connectivity index (χ3v) is 13.5. The molecule has 0 radical (unpaired) electrons. The van der Waals surface area contributed by atoms with Gasteiger partial charge in [0.15, 0.2) is 0 Å². The van der Waals surface area contributed by atoms with Gasteiger partial charge in [-0.15, -0.1) is 22.7 Å². The Morgan fingerprint density at radius 2 is 1.55 bits per heavy atom. The van der Waals surface area contributed by atoms with E-state index >= 15 is 0 Å². The highest BCUT2D eigenvalue weighted by Crippen LogP contribution is 2.36. The number of phenolic OH excluding ortho intramolecular Hbond substituents is 1. The summed E-state index contributed by atoms with van der Waals surface area (Å²) in [5, 5.41) is 40.2. The molecule has 1 aliphatic heterocycles. The molecular formula is C49H48N4O7S2. The van der Waals surface area contributed by atoms with Crippen LogP contribution in [0, 0.1) is 5.92 Å². The predicted octanol–water partition coefficient (Wildman–Crippen LogP) is 7.47. The van der Waals surface area contributed by atoms with Crippen LogP contribution in [0.5, 0.6) is 5.75 Å². The summed E-state index contributed by atoms with van der Waals surface area (Å²) >= 11 is 2.88. The van der Waals surface area contributed by atoms with Crippen molar-refractivity contribution in [3.8, 4) is 16.2 Å². The molecule has 13 heteroatoms.